The van der Waals surface area contributed by atoms with Crippen molar-refractivity contribution in [2.75, 3.05) is 19.7 Å². The Morgan fingerprint density at radius 1 is 0.957 bits per heavy atom. The van der Waals surface area contributed by atoms with Crippen molar-refractivity contribution in [2.45, 2.75) is 70.6 Å². The van der Waals surface area contributed by atoms with Crippen molar-refractivity contribution < 1.29 is 31.9 Å². The van der Waals surface area contributed by atoms with E-state index >= 15 is 0 Å². The highest BCUT2D eigenvalue weighted by Crippen LogP contribution is 2.38. The number of halogens is 4. The normalized spacial score (nSPS) is 19.3. The fraction of sp³-hybridized carbons (Fsp3) is 0.389. The number of nitrogens with zero attached hydrogens (tertiary/aromatic N) is 2. The summed E-state index contributed by atoms with van der Waals surface area (Å²) in [5.74, 6) is -4.60. The van der Waals surface area contributed by atoms with E-state index in [2.05, 4.69) is 5.32 Å². The number of ether oxygens (including phenoxy) is 1. The SMILES string of the molecule is CC(=O)N1C[C@H]2CC(c3ccc(CCCOc4c(F)ccc(F)c4F)cc3)=C(C(=O)N(Cc3cccc(F)c3C)C3CC3)[C@@H](C1)N2. The van der Waals surface area contributed by atoms with E-state index in [-0.39, 0.29) is 42.4 Å². The molecule has 1 saturated carbocycles. The Labute approximate surface area is 266 Å². The van der Waals surface area contributed by atoms with Crippen LogP contribution in [0.2, 0.25) is 0 Å². The molecule has 3 aromatic rings. The molecule has 2 bridgehead atoms. The minimum atomic E-state index is -1.34. The molecule has 3 aliphatic rings. The van der Waals surface area contributed by atoms with Crippen LogP contribution in [0.25, 0.3) is 5.57 Å². The topological polar surface area (TPSA) is 61.9 Å². The van der Waals surface area contributed by atoms with E-state index in [0.29, 0.717) is 50.0 Å². The second-order valence-electron chi connectivity index (χ2n) is 12.4. The number of hydrogen-bond acceptors (Lipinski definition) is 4. The number of carbonyl (C=O) groups excluding carboxylic acids is 2. The molecule has 242 valence electrons. The number of amides is 2. The van der Waals surface area contributed by atoms with Crippen LogP contribution in [0, 0.1) is 30.2 Å². The number of piperazine rings is 1. The molecule has 2 heterocycles. The Hall–Kier alpha value is -4.18. The Balaban J connectivity index is 1.24. The standard InChI is InChI=1S/C36H37F4N3O3/c1-21-25(6-3-7-29(21)37)18-43(27-12-13-27)36(45)33-28(17-26-19-42(22(2)44)20-32(33)41-26)24-10-8-23(9-11-24)5-4-16-46-35-31(39)15-14-30(38)34(35)40/h3,6-11,14-15,26-27,32,41H,4-5,12-13,16-20H2,1-2H3/t26-,32-/m1/s1. The molecule has 46 heavy (non-hydrogen) atoms. The van der Waals surface area contributed by atoms with Crippen molar-refractivity contribution in [3.63, 3.8) is 0 Å². The summed E-state index contributed by atoms with van der Waals surface area (Å²) in [6.07, 6.45) is 3.36. The minimum absolute atomic E-state index is 0.00511. The Kier molecular flexibility index (Phi) is 9.18. The Morgan fingerprint density at radius 3 is 2.41 bits per heavy atom. The van der Waals surface area contributed by atoms with E-state index in [4.69, 9.17) is 4.74 Å². The summed E-state index contributed by atoms with van der Waals surface area (Å²) < 4.78 is 60.9. The van der Waals surface area contributed by atoms with E-state index in [1.165, 1.54) is 6.07 Å². The van der Waals surface area contributed by atoms with Gasteiger partial charge in [0.2, 0.25) is 11.7 Å². The highest BCUT2D eigenvalue weighted by molar-refractivity contribution is 6.03. The van der Waals surface area contributed by atoms with Crippen molar-refractivity contribution in [1.29, 1.82) is 0 Å². The molecular formula is C36H37F4N3O3. The Morgan fingerprint density at radius 2 is 1.70 bits per heavy atom. The number of aryl methyl sites for hydroxylation is 1. The molecule has 2 atom stereocenters. The van der Waals surface area contributed by atoms with Crippen LogP contribution in [0.15, 0.2) is 60.2 Å². The first-order chi connectivity index (χ1) is 22.1. The summed E-state index contributed by atoms with van der Waals surface area (Å²) in [6, 6.07) is 14.1. The zero-order valence-corrected chi connectivity index (χ0v) is 25.9. The molecule has 2 amide bonds. The molecule has 1 aliphatic carbocycles. The van der Waals surface area contributed by atoms with Gasteiger partial charge in [-0.3, -0.25) is 9.59 Å². The second-order valence-corrected chi connectivity index (χ2v) is 12.4. The lowest BCUT2D eigenvalue weighted by atomic mass is 9.82. The van der Waals surface area contributed by atoms with Gasteiger partial charge < -0.3 is 19.9 Å². The summed E-state index contributed by atoms with van der Waals surface area (Å²) in [7, 11) is 0. The van der Waals surface area contributed by atoms with E-state index in [1.807, 2.05) is 35.2 Å². The Bertz CT molecular complexity index is 1670. The van der Waals surface area contributed by atoms with E-state index in [9.17, 15) is 27.2 Å². The van der Waals surface area contributed by atoms with Crippen LogP contribution in [0.3, 0.4) is 0 Å². The monoisotopic (exact) mass is 635 g/mol. The minimum Gasteiger partial charge on any atom is -0.488 e. The van der Waals surface area contributed by atoms with Crippen LogP contribution in [0.5, 0.6) is 5.75 Å². The summed E-state index contributed by atoms with van der Waals surface area (Å²) in [5, 5.41) is 3.59. The lowest BCUT2D eigenvalue weighted by Crippen LogP contribution is -2.61. The fourth-order valence-corrected chi connectivity index (χ4v) is 6.50. The molecule has 10 heteroatoms. The number of fused-ring (bicyclic) bond motifs is 2. The molecule has 2 fully saturated rings. The molecule has 1 N–H and O–H groups in total. The summed E-state index contributed by atoms with van der Waals surface area (Å²) >= 11 is 0. The molecule has 1 saturated heterocycles. The van der Waals surface area contributed by atoms with E-state index < -0.39 is 23.2 Å². The predicted molar refractivity (Wildman–Crippen MR) is 166 cm³/mol. The van der Waals surface area contributed by atoms with Crippen molar-refractivity contribution >= 4 is 17.4 Å². The van der Waals surface area contributed by atoms with Crippen molar-refractivity contribution in [2.24, 2.45) is 0 Å². The highest BCUT2D eigenvalue weighted by Gasteiger charge is 2.43. The highest BCUT2D eigenvalue weighted by atomic mass is 19.2. The molecule has 2 aliphatic heterocycles. The number of rotatable bonds is 10. The average Bonchev–Trinajstić information content (AvgIpc) is 3.88. The quantitative estimate of drug-likeness (QED) is 0.166. The van der Waals surface area contributed by atoms with Gasteiger partial charge in [-0.15, -0.1) is 0 Å². The maximum Gasteiger partial charge on any atom is 0.252 e. The van der Waals surface area contributed by atoms with Gasteiger partial charge in [-0.05, 0) is 85.1 Å². The fourth-order valence-electron chi connectivity index (χ4n) is 6.50. The molecule has 0 unspecified atom stereocenters. The number of nitrogens with one attached hydrogen (secondary N) is 1. The van der Waals surface area contributed by atoms with Gasteiger partial charge >= 0.3 is 0 Å². The van der Waals surface area contributed by atoms with Gasteiger partial charge in [0.05, 0.1) is 12.6 Å². The maximum atomic E-state index is 14.5. The van der Waals surface area contributed by atoms with Crippen molar-refractivity contribution in [3.05, 3.63) is 106 Å². The summed E-state index contributed by atoms with van der Waals surface area (Å²) in [5.41, 5.74) is 4.77. The van der Waals surface area contributed by atoms with Crippen LogP contribution in [0.1, 0.15) is 54.9 Å². The lowest BCUT2D eigenvalue weighted by Gasteiger charge is -2.44. The number of carbonyl (C=O) groups is 2. The van der Waals surface area contributed by atoms with Crippen molar-refractivity contribution in [1.82, 2.24) is 15.1 Å². The van der Waals surface area contributed by atoms with Gasteiger partial charge in [0.1, 0.15) is 5.82 Å². The van der Waals surface area contributed by atoms with Crippen LogP contribution in [-0.2, 0) is 22.6 Å². The van der Waals surface area contributed by atoms with Gasteiger partial charge in [-0.2, -0.15) is 4.39 Å². The van der Waals surface area contributed by atoms with Crippen LogP contribution < -0.4 is 10.1 Å². The van der Waals surface area contributed by atoms with Gasteiger partial charge in [0, 0.05) is 44.2 Å². The van der Waals surface area contributed by atoms with E-state index in [0.717, 1.165) is 47.2 Å². The zero-order chi connectivity index (χ0) is 32.5. The van der Waals surface area contributed by atoms with E-state index in [1.54, 1.807) is 24.8 Å². The first-order valence-electron chi connectivity index (χ1n) is 15.8. The van der Waals surface area contributed by atoms with Crippen LogP contribution >= 0.6 is 0 Å². The molecule has 0 aromatic heterocycles. The second kappa shape index (κ2) is 13.3. The third-order valence-electron chi connectivity index (χ3n) is 9.21. The van der Waals surface area contributed by atoms with Gasteiger partial charge in [0.15, 0.2) is 17.4 Å². The van der Waals surface area contributed by atoms with Gasteiger partial charge in [-0.25, -0.2) is 13.2 Å². The predicted octanol–water partition coefficient (Wildman–Crippen LogP) is 6.10. The van der Waals surface area contributed by atoms with Crippen LogP contribution in [-0.4, -0.2) is 59.4 Å². The number of hydrogen-bond donors (Lipinski definition) is 1. The average molecular weight is 636 g/mol. The lowest BCUT2D eigenvalue weighted by molar-refractivity contribution is -0.132. The third-order valence-corrected chi connectivity index (χ3v) is 9.21. The van der Waals surface area contributed by atoms with Gasteiger partial charge in [-0.1, -0.05) is 36.4 Å². The largest absolute Gasteiger partial charge is 0.488 e. The smallest absolute Gasteiger partial charge is 0.252 e. The third kappa shape index (κ3) is 6.67. The first kappa shape index (κ1) is 31.8. The number of benzene rings is 3. The molecular weight excluding hydrogens is 598 g/mol. The maximum absolute atomic E-state index is 14.5. The van der Waals surface area contributed by atoms with Gasteiger partial charge in [0.25, 0.3) is 5.91 Å². The molecule has 6 nitrogen and oxygen atoms in total. The van der Waals surface area contributed by atoms with Crippen molar-refractivity contribution in [3.8, 4) is 5.75 Å². The molecule has 6 rings (SSSR count). The van der Waals surface area contributed by atoms with Crippen LogP contribution in [0.4, 0.5) is 17.6 Å². The molecule has 0 radical (unpaired) electrons. The summed E-state index contributed by atoms with van der Waals surface area (Å²) in [6.45, 7) is 4.53. The first-order valence-corrected chi connectivity index (χ1v) is 15.8. The summed E-state index contributed by atoms with van der Waals surface area (Å²) in [4.78, 5) is 30.5. The molecule has 0 spiro atoms. The zero-order valence-electron chi connectivity index (χ0n) is 25.9. The molecule has 3 aromatic carbocycles.